The maximum atomic E-state index is 12.6. The molecule has 19 heavy (non-hydrogen) atoms. The van der Waals surface area contributed by atoms with Gasteiger partial charge in [0.2, 0.25) is 5.88 Å². The Kier molecular flexibility index (Phi) is 4.74. The number of halogens is 5. The van der Waals surface area contributed by atoms with Crippen LogP contribution in [0, 0.1) is 0 Å². The minimum atomic E-state index is -5.68. The average molecular weight is 304 g/mol. The molecule has 0 saturated heterocycles. The Balaban J connectivity index is 2.83. The number of nitrogen functional groups attached to an aromatic ring is 1. The standard InChI is InChI=1S/C8H9F5N4OS/c1-19-6-15-4(17-14)2-5(16-6)18-3-7(9,10)8(11,12)13/h2H,3,14H2,1H3,(H,15,16,17). The van der Waals surface area contributed by atoms with E-state index in [0.29, 0.717) is 0 Å². The van der Waals surface area contributed by atoms with Gasteiger partial charge in [0.25, 0.3) is 0 Å². The maximum Gasteiger partial charge on any atom is 0.456 e. The lowest BCUT2D eigenvalue weighted by molar-refractivity contribution is -0.290. The third-order valence-corrected chi connectivity index (χ3v) is 2.38. The number of thioether (sulfide) groups is 1. The van der Waals surface area contributed by atoms with E-state index >= 15 is 0 Å². The van der Waals surface area contributed by atoms with Crippen molar-refractivity contribution in [1.29, 1.82) is 0 Å². The van der Waals surface area contributed by atoms with Gasteiger partial charge in [0.15, 0.2) is 11.8 Å². The lowest BCUT2D eigenvalue weighted by Crippen LogP contribution is -2.41. The van der Waals surface area contributed by atoms with Crippen LogP contribution >= 0.6 is 11.8 Å². The van der Waals surface area contributed by atoms with E-state index in [2.05, 4.69) is 20.1 Å². The van der Waals surface area contributed by atoms with Gasteiger partial charge in [-0.1, -0.05) is 11.8 Å². The van der Waals surface area contributed by atoms with Crippen LogP contribution < -0.4 is 16.0 Å². The molecule has 0 aliphatic rings. The van der Waals surface area contributed by atoms with Crippen molar-refractivity contribution < 1.29 is 26.7 Å². The van der Waals surface area contributed by atoms with E-state index < -0.39 is 24.6 Å². The first-order chi connectivity index (χ1) is 8.69. The van der Waals surface area contributed by atoms with Gasteiger partial charge < -0.3 is 10.2 Å². The number of aromatic nitrogens is 2. The highest BCUT2D eigenvalue weighted by Crippen LogP contribution is 2.35. The van der Waals surface area contributed by atoms with Crippen LogP contribution in [0.5, 0.6) is 5.88 Å². The van der Waals surface area contributed by atoms with Crippen molar-refractivity contribution in [2.45, 2.75) is 17.3 Å². The van der Waals surface area contributed by atoms with Crippen molar-refractivity contribution in [2.75, 3.05) is 18.3 Å². The Hall–Kier alpha value is -1.36. The minimum absolute atomic E-state index is 0.0321. The fourth-order valence-corrected chi connectivity index (χ4v) is 1.26. The van der Waals surface area contributed by atoms with Gasteiger partial charge in [-0.3, -0.25) is 0 Å². The second kappa shape index (κ2) is 5.74. The third-order valence-electron chi connectivity index (χ3n) is 1.83. The molecule has 0 aromatic carbocycles. The van der Waals surface area contributed by atoms with Crippen molar-refractivity contribution >= 4 is 17.6 Å². The van der Waals surface area contributed by atoms with Crippen molar-refractivity contribution in [3.8, 4) is 5.88 Å². The maximum absolute atomic E-state index is 12.6. The molecule has 0 bridgehead atoms. The monoisotopic (exact) mass is 304 g/mol. The van der Waals surface area contributed by atoms with E-state index in [-0.39, 0.29) is 11.0 Å². The zero-order valence-electron chi connectivity index (χ0n) is 9.46. The van der Waals surface area contributed by atoms with Crippen LogP contribution in [0.25, 0.3) is 0 Å². The molecule has 0 aliphatic carbocycles. The largest absolute Gasteiger partial charge is 0.471 e. The van der Waals surface area contributed by atoms with E-state index in [4.69, 9.17) is 5.84 Å². The Morgan fingerprint density at radius 2 is 1.95 bits per heavy atom. The van der Waals surface area contributed by atoms with Crippen LogP contribution in [0.3, 0.4) is 0 Å². The molecule has 0 amide bonds. The van der Waals surface area contributed by atoms with Crippen LogP contribution in [-0.4, -0.2) is 34.9 Å². The van der Waals surface area contributed by atoms with Gasteiger partial charge in [-0.2, -0.15) is 26.9 Å². The number of anilines is 1. The topological polar surface area (TPSA) is 73.1 Å². The summed E-state index contributed by atoms with van der Waals surface area (Å²) in [4.78, 5) is 7.41. The summed E-state index contributed by atoms with van der Waals surface area (Å²) in [5.41, 5.74) is 2.12. The number of nitrogens with one attached hydrogen (secondary N) is 1. The fourth-order valence-electron chi connectivity index (χ4n) is 0.889. The summed E-state index contributed by atoms with van der Waals surface area (Å²) in [5, 5.41) is 0.112. The van der Waals surface area contributed by atoms with Crippen LogP contribution in [0.2, 0.25) is 0 Å². The van der Waals surface area contributed by atoms with Gasteiger partial charge in [0, 0.05) is 6.07 Å². The van der Waals surface area contributed by atoms with Crippen molar-refractivity contribution in [2.24, 2.45) is 5.84 Å². The Bertz CT molecular complexity index is 419. The highest BCUT2D eigenvalue weighted by atomic mass is 32.2. The van der Waals surface area contributed by atoms with Gasteiger partial charge in [-0.15, -0.1) is 0 Å². The van der Waals surface area contributed by atoms with Crippen LogP contribution in [-0.2, 0) is 0 Å². The smallest absolute Gasteiger partial charge is 0.456 e. The zero-order chi connectivity index (χ0) is 14.7. The molecule has 0 atom stereocenters. The third kappa shape index (κ3) is 4.06. The summed E-state index contributed by atoms with van der Waals surface area (Å²) >= 11 is 1.04. The lowest BCUT2D eigenvalue weighted by Gasteiger charge is -2.19. The van der Waals surface area contributed by atoms with E-state index in [1.165, 1.54) is 0 Å². The van der Waals surface area contributed by atoms with Crippen LogP contribution in [0.15, 0.2) is 11.2 Å². The second-order valence-electron chi connectivity index (χ2n) is 3.21. The Labute approximate surface area is 108 Å². The fraction of sp³-hybridized carbons (Fsp3) is 0.500. The zero-order valence-corrected chi connectivity index (χ0v) is 10.3. The molecule has 0 unspecified atom stereocenters. The van der Waals surface area contributed by atoms with Gasteiger partial charge in [0.05, 0.1) is 0 Å². The molecule has 0 radical (unpaired) electrons. The average Bonchev–Trinajstić information content (AvgIpc) is 2.34. The number of alkyl halides is 5. The molecule has 0 fully saturated rings. The van der Waals surface area contributed by atoms with Gasteiger partial charge in [-0.05, 0) is 6.26 Å². The van der Waals surface area contributed by atoms with E-state index in [9.17, 15) is 22.0 Å². The highest BCUT2D eigenvalue weighted by Gasteiger charge is 2.58. The summed E-state index contributed by atoms with van der Waals surface area (Å²) in [6, 6.07) is 1.01. The number of hydrogen-bond acceptors (Lipinski definition) is 6. The molecule has 5 nitrogen and oxygen atoms in total. The van der Waals surface area contributed by atoms with Gasteiger partial charge in [-0.25, -0.2) is 10.8 Å². The predicted octanol–water partition coefficient (Wildman–Crippen LogP) is 2.06. The number of nitrogens with zero attached hydrogens (tertiary/aromatic N) is 2. The molecule has 3 N–H and O–H groups in total. The SMILES string of the molecule is CSc1nc(NN)cc(OCC(F)(F)C(F)(F)F)n1. The Morgan fingerprint density at radius 1 is 1.32 bits per heavy atom. The van der Waals surface area contributed by atoms with E-state index in [1.807, 2.05) is 0 Å². The first kappa shape index (κ1) is 15.7. The highest BCUT2D eigenvalue weighted by molar-refractivity contribution is 7.98. The van der Waals surface area contributed by atoms with Gasteiger partial charge in [0.1, 0.15) is 5.82 Å². The molecule has 1 aromatic rings. The summed E-state index contributed by atoms with van der Waals surface area (Å²) in [6.07, 6.45) is -4.10. The molecular formula is C8H9F5N4OS. The lowest BCUT2D eigenvalue weighted by atomic mass is 10.3. The van der Waals surface area contributed by atoms with Crippen molar-refractivity contribution in [3.63, 3.8) is 0 Å². The molecule has 1 aromatic heterocycles. The number of hydrogen-bond donors (Lipinski definition) is 2. The second-order valence-corrected chi connectivity index (χ2v) is 3.99. The van der Waals surface area contributed by atoms with Crippen molar-refractivity contribution in [1.82, 2.24) is 9.97 Å². The van der Waals surface area contributed by atoms with Crippen LogP contribution in [0.4, 0.5) is 27.8 Å². The first-order valence-electron chi connectivity index (χ1n) is 4.66. The molecule has 1 rings (SSSR count). The predicted molar refractivity (Wildman–Crippen MR) is 58.1 cm³/mol. The quantitative estimate of drug-likeness (QED) is 0.285. The molecule has 108 valence electrons. The molecule has 1 heterocycles. The number of hydrazine groups is 1. The normalized spacial score (nSPS) is 12.4. The summed E-state index contributed by atoms with van der Waals surface area (Å²) in [7, 11) is 0. The number of nitrogens with two attached hydrogens (primary N) is 1. The molecule has 0 saturated carbocycles. The molecule has 0 aliphatic heterocycles. The minimum Gasteiger partial charge on any atom is -0.471 e. The first-order valence-corrected chi connectivity index (χ1v) is 5.89. The van der Waals surface area contributed by atoms with Crippen molar-refractivity contribution in [3.05, 3.63) is 6.07 Å². The number of ether oxygens (including phenoxy) is 1. The summed E-state index contributed by atoms with van der Waals surface area (Å²) < 4.78 is 65.4. The Morgan fingerprint density at radius 3 is 2.42 bits per heavy atom. The summed E-state index contributed by atoms with van der Waals surface area (Å²) in [5.74, 6) is -0.306. The molecular weight excluding hydrogens is 295 g/mol. The number of rotatable bonds is 5. The van der Waals surface area contributed by atoms with Gasteiger partial charge >= 0.3 is 12.1 Å². The van der Waals surface area contributed by atoms with E-state index in [1.54, 1.807) is 6.26 Å². The molecule has 0 spiro atoms. The van der Waals surface area contributed by atoms with Crippen LogP contribution in [0.1, 0.15) is 0 Å². The summed E-state index contributed by atoms with van der Waals surface area (Å²) in [6.45, 7) is -1.87. The van der Waals surface area contributed by atoms with E-state index in [0.717, 1.165) is 17.8 Å². The molecule has 11 heteroatoms.